The van der Waals surface area contributed by atoms with E-state index in [0.29, 0.717) is 28.6 Å². The molecule has 7 heteroatoms. The molecule has 0 aliphatic heterocycles. The van der Waals surface area contributed by atoms with Gasteiger partial charge in [0.1, 0.15) is 11.5 Å². The van der Waals surface area contributed by atoms with Crippen molar-refractivity contribution < 1.29 is 14.3 Å². The molecule has 0 bridgehead atoms. The SMILES string of the molecule is CCCC(=O)Nc1ccc(Cl)c(NC(=O)CNc2ccc(Oc3ccccc3)cc2)c1. The van der Waals surface area contributed by atoms with Gasteiger partial charge in [0.25, 0.3) is 0 Å². The quantitative estimate of drug-likeness (QED) is 0.388. The molecule has 0 heterocycles. The Balaban J connectivity index is 1.52. The van der Waals surface area contributed by atoms with E-state index in [-0.39, 0.29) is 18.4 Å². The summed E-state index contributed by atoms with van der Waals surface area (Å²) in [6, 6.07) is 21.8. The maximum atomic E-state index is 12.3. The Hall–Kier alpha value is -3.51. The normalized spacial score (nSPS) is 10.3. The number of anilines is 3. The number of halogens is 1. The van der Waals surface area contributed by atoms with Crippen molar-refractivity contribution in [2.24, 2.45) is 0 Å². The minimum absolute atomic E-state index is 0.0572. The second kappa shape index (κ2) is 11.0. The molecule has 2 amide bonds. The average Bonchev–Trinajstić information content (AvgIpc) is 2.76. The summed E-state index contributed by atoms with van der Waals surface area (Å²) in [5.74, 6) is 1.12. The van der Waals surface area contributed by atoms with E-state index >= 15 is 0 Å². The van der Waals surface area contributed by atoms with Crippen LogP contribution in [0.25, 0.3) is 0 Å². The van der Waals surface area contributed by atoms with Crippen LogP contribution in [0.4, 0.5) is 17.1 Å². The van der Waals surface area contributed by atoms with Crippen LogP contribution in [0.15, 0.2) is 72.8 Å². The summed E-state index contributed by atoms with van der Waals surface area (Å²) in [7, 11) is 0. The zero-order valence-corrected chi connectivity index (χ0v) is 17.9. The molecule has 3 rings (SSSR count). The Kier molecular flexibility index (Phi) is 7.90. The van der Waals surface area contributed by atoms with E-state index in [9.17, 15) is 9.59 Å². The fraction of sp³-hybridized carbons (Fsp3) is 0.167. The molecule has 0 fully saturated rings. The lowest BCUT2D eigenvalue weighted by atomic mass is 10.2. The van der Waals surface area contributed by atoms with E-state index in [0.717, 1.165) is 17.9 Å². The van der Waals surface area contributed by atoms with Crippen LogP contribution in [0.1, 0.15) is 19.8 Å². The van der Waals surface area contributed by atoms with Crippen LogP contribution < -0.4 is 20.7 Å². The zero-order valence-electron chi connectivity index (χ0n) is 17.2. The van der Waals surface area contributed by atoms with Gasteiger partial charge in [0, 0.05) is 17.8 Å². The summed E-state index contributed by atoms with van der Waals surface area (Å²) in [6.07, 6.45) is 1.19. The molecule has 0 saturated carbocycles. The van der Waals surface area contributed by atoms with Crippen LogP contribution in [0.3, 0.4) is 0 Å². The predicted octanol–water partition coefficient (Wildman–Crippen LogP) is 5.92. The Bertz CT molecular complexity index is 1020. The molecule has 0 aromatic heterocycles. The van der Waals surface area contributed by atoms with Crippen LogP contribution in [0.5, 0.6) is 11.5 Å². The van der Waals surface area contributed by atoms with E-state index in [1.165, 1.54) is 0 Å². The van der Waals surface area contributed by atoms with Crippen LogP contribution in [0, 0.1) is 0 Å². The van der Waals surface area contributed by atoms with Gasteiger partial charge in [-0.05, 0) is 61.0 Å². The monoisotopic (exact) mass is 437 g/mol. The summed E-state index contributed by atoms with van der Waals surface area (Å²) in [5.41, 5.74) is 1.80. The molecule has 0 unspecified atom stereocenters. The number of carbonyl (C=O) groups excluding carboxylic acids is 2. The highest BCUT2D eigenvalue weighted by Gasteiger charge is 2.09. The molecule has 3 aromatic rings. The third-order valence-corrected chi connectivity index (χ3v) is 4.62. The van der Waals surface area contributed by atoms with Crippen LogP contribution in [0.2, 0.25) is 5.02 Å². The number of carbonyl (C=O) groups is 2. The number of ether oxygens (including phenoxy) is 1. The first-order chi connectivity index (χ1) is 15.0. The molecule has 3 aromatic carbocycles. The van der Waals surface area contributed by atoms with Crippen LogP contribution in [-0.4, -0.2) is 18.4 Å². The standard InChI is InChI=1S/C24H24ClN3O3/c1-2-6-23(29)27-18-11-14-21(25)22(15-18)28-24(30)16-26-17-9-12-20(13-10-17)31-19-7-4-3-5-8-19/h3-5,7-15,26H,2,6,16H2,1H3,(H,27,29)(H,28,30). The molecular weight excluding hydrogens is 414 g/mol. The van der Waals surface area contributed by atoms with Crippen molar-refractivity contribution in [3.8, 4) is 11.5 Å². The van der Waals surface area contributed by atoms with Gasteiger partial charge in [-0.1, -0.05) is 36.7 Å². The van der Waals surface area contributed by atoms with E-state index in [1.54, 1.807) is 18.2 Å². The molecule has 0 spiro atoms. The molecule has 0 atom stereocenters. The van der Waals surface area contributed by atoms with Crippen molar-refractivity contribution in [3.63, 3.8) is 0 Å². The minimum atomic E-state index is -0.261. The summed E-state index contributed by atoms with van der Waals surface area (Å²) in [4.78, 5) is 24.1. The molecule has 0 radical (unpaired) electrons. The van der Waals surface area contributed by atoms with Gasteiger partial charge in [0.05, 0.1) is 17.3 Å². The summed E-state index contributed by atoms with van der Waals surface area (Å²) < 4.78 is 5.75. The highest BCUT2D eigenvalue weighted by molar-refractivity contribution is 6.33. The highest BCUT2D eigenvalue weighted by atomic mass is 35.5. The van der Waals surface area contributed by atoms with E-state index in [1.807, 2.05) is 61.5 Å². The van der Waals surface area contributed by atoms with Gasteiger partial charge in [-0.25, -0.2) is 0 Å². The Labute approximate surface area is 186 Å². The van der Waals surface area contributed by atoms with Gasteiger partial charge < -0.3 is 20.7 Å². The van der Waals surface area contributed by atoms with Crippen molar-refractivity contribution >= 4 is 40.5 Å². The molecule has 0 aliphatic rings. The van der Waals surface area contributed by atoms with Crippen molar-refractivity contribution in [3.05, 3.63) is 77.8 Å². The predicted molar refractivity (Wildman–Crippen MR) is 125 cm³/mol. The number of rotatable bonds is 9. The fourth-order valence-corrected chi connectivity index (χ4v) is 2.96. The van der Waals surface area contributed by atoms with Crippen LogP contribution >= 0.6 is 11.6 Å². The number of hydrogen-bond donors (Lipinski definition) is 3. The lowest BCUT2D eigenvalue weighted by Crippen LogP contribution is -2.22. The fourth-order valence-electron chi connectivity index (χ4n) is 2.79. The van der Waals surface area contributed by atoms with Gasteiger partial charge in [-0.15, -0.1) is 0 Å². The lowest BCUT2D eigenvalue weighted by molar-refractivity contribution is -0.116. The smallest absolute Gasteiger partial charge is 0.243 e. The lowest BCUT2D eigenvalue weighted by Gasteiger charge is -2.12. The van der Waals surface area contributed by atoms with Crippen molar-refractivity contribution in [2.75, 3.05) is 22.5 Å². The highest BCUT2D eigenvalue weighted by Crippen LogP contribution is 2.26. The van der Waals surface area contributed by atoms with E-state index in [4.69, 9.17) is 16.3 Å². The Morgan fingerprint density at radius 1 is 0.839 bits per heavy atom. The first kappa shape index (κ1) is 22.2. The first-order valence-electron chi connectivity index (χ1n) is 9.99. The number of amides is 2. The molecular formula is C24H24ClN3O3. The molecule has 6 nitrogen and oxygen atoms in total. The first-order valence-corrected chi connectivity index (χ1v) is 10.4. The average molecular weight is 438 g/mol. The maximum absolute atomic E-state index is 12.3. The number of hydrogen-bond acceptors (Lipinski definition) is 4. The number of nitrogens with one attached hydrogen (secondary N) is 3. The second-order valence-corrected chi connectivity index (χ2v) is 7.24. The van der Waals surface area contributed by atoms with Crippen molar-refractivity contribution in [1.82, 2.24) is 0 Å². The number of benzene rings is 3. The Morgan fingerprint density at radius 2 is 1.52 bits per heavy atom. The zero-order chi connectivity index (χ0) is 22.1. The van der Waals surface area contributed by atoms with Crippen molar-refractivity contribution in [1.29, 1.82) is 0 Å². The molecule has 0 saturated heterocycles. The summed E-state index contributed by atoms with van der Waals surface area (Å²) >= 11 is 6.18. The van der Waals surface area contributed by atoms with Gasteiger partial charge >= 0.3 is 0 Å². The molecule has 31 heavy (non-hydrogen) atoms. The van der Waals surface area contributed by atoms with Gasteiger partial charge in [0.15, 0.2) is 0 Å². The third-order valence-electron chi connectivity index (χ3n) is 4.29. The van der Waals surface area contributed by atoms with Gasteiger partial charge in [-0.2, -0.15) is 0 Å². The largest absolute Gasteiger partial charge is 0.457 e. The molecule has 160 valence electrons. The maximum Gasteiger partial charge on any atom is 0.243 e. The summed E-state index contributed by atoms with van der Waals surface area (Å²) in [6.45, 7) is 1.99. The van der Waals surface area contributed by atoms with Crippen LogP contribution in [-0.2, 0) is 9.59 Å². The summed E-state index contributed by atoms with van der Waals surface area (Å²) in [5, 5.41) is 9.00. The Morgan fingerprint density at radius 3 is 2.23 bits per heavy atom. The second-order valence-electron chi connectivity index (χ2n) is 6.83. The minimum Gasteiger partial charge on any atom is -0.457 e. The van der Waals surface area contributed by atoms with Crippen molar-refractivity contribution in [2.45, 2.75) is 19.8 Å². The third kappa shape index (κ3) is 7.04. The molecule has 3 N–H and O–H groups in total. The topological polar surface area (TPSA) is 79.5 Å². The van der Waals surface area contributed by atoms with E-state index in [2.05, 4.69) is 16.0 Å². The van der Waals surface area contributed by atoms with Gasteiger partial charge in [-0.3, -0.25) is 9.59 Å². The number of para-hydroxylation sites is 1. The van der Waals surface area contributed by atoms with Gasteiger partial charge in [0.2, 0.25) is 11.8 Å². The molecule has 0 aliphatic carbocycles. The van der Waals surface area contributed by atoms with E-state index < -0.39 is 0 Å².